The molecule has 1 aliphatic carbocycles. The van der Waals surface area contributed by atoms with Gasteiger partial charge < -0.3 is 4.74 Å². The third kappa shape index (κ3) is 3.00. The fourth-order valence-corrected chi connectivity index (χ4v) is 3.98. The molecular formula is C22H16Cl2O2. The Bertz CT molecular complexity index is 942. The zero-order valence-electron chi connectivity index (χ0n) is 14.1. The van der Waals surface area contributed by atoms with Gasteiger partial charge in [-0.25, -0.2) is 4.79 Å². The molecule has 3 aromatic rings. The molecule has 0 aliphatic heterocycles. The summed E-state index contributed by atoms with van der Waals surface area (Å²) in [6.45, 7) is 1.97. The Morgan fingerprint density at radius 1 is 0.885 bits per heavy atom. The topological polar surface area (TPSA) is 26.3 Å². The van der Waals surface area contributed by atoms with Gasteiger partial charge in [0.2, 0.25) is 0 Å². The molecule has 0 aromatic heterocycles. The standard InChI is InChI=1S/C22H16Cl2O2/c1-13-8-10-14(11-9-13)22(25)26-21-19-15(4-2-6-17(19)23)12-16-5-3-7-18(24)20(16)21/h2-11,21H,12H2,1H3. The monoisotopic (exact) mass is 382 g/mol. The Hall–Kier alpha value is -2.29. The van der Waals surface area contributed by atoms with E-state index in [-0.39, 0.29) is 0 Å². The predicted octanol–water partition coefficient (Wildman–Crippen LogP) is 6.15. The number of halogens is 2. The van der Waals surface area contributed by atoms with Crippen molar-refractivity contribution < 1.29 is 9.53 Å². The quantitative estimate of drug-likeness (QED) is 0.496. The Morgan fingerprint density at radius 2 is 1.42 bits per heavy atom. The molecule has 0 unspecified atom stereocenters. The first-order chi connectivity index (χ1) is 12.5. The highest BCUT2D eigenvalue weighted by Gasteiger charge is 2.32. The van der Waals surface area contributed by atoms with Gasteiger partial charge in [0.15, 0.2) is 6.10 Å². The van der Waals surface area contributed by atoms with Crippen molar-refractivity contribution in [3.05, 3.63) is 104 Å². The molecule has 4 heteroatoms. The largest absolute Gasteiger partial charge is 0.449 e. The van der Waals surface area contributed by atoms with Crippen LogP contribution in [0, 0.1) is 6.92 Å². The minimum Gasteiger partial charge on any atom is -0.449 e. The second kappa shape index (κ2) is 6.79. The lowest BCUT2D eigenvalue weighted by Gasteiger charge is -2.29. The molecular weight excluding hydrogens is 367 g/mol. The highest BCUT2D eigenvalue weighted by atomic mass is 35.5. The van der Waals surface area contributed by atoms with E-state index in [1.54, 1.807) is 12.1 Å². The summed E-state index contributed by atoms with van der Waals surface area (Å²) < 4.78 is 5.92. The fraction of sp³-hybridized carbons (Fsp3) is 0.136. The highest BCUT2D eigenvalue weighted by molar-refractivity contribution is 6.32. The molecule has 26 heavy (non-hydrogen) atoms. The van der Waals surface area contributed by atoms with E-state index >= 15 is 0 Å². The maximum Gasteiger partial charge on any atom is 0.339 e. The first kappa shape index (κ1) is 17.1. The van der Waals surface area contributed by atoms with Crippen molar-refractivity contribution in [1.29, 1.82) is 0 Å². The van der Waals surface area contributed by atoms with Crippen molar-refractivity contribution in [2.45, 2.75) is 19.4 Å². The predicted molar refractivity (Wildman–Crippen MR) is 104 cm³/mol. The van der Waals surface area contributed by atoms with E-state index in [0.29, 0.717) is 22.0 Å². The Morgan fingerprint density at radius 3 is 1.96 bits per heavy atom. The number of carbonyl (C=O) groups excluding carboxylic acids is 1. The average molecular weight is 383 g/mol. The SMILES string of the molecule is Cc1ccc(C(=O)OC2c3c(Cl)cccc3Cc3cccc(Cl)c32)cc1. The number of benzene rings is 3. The van der Waals surface area contributed by atoms with Crippen molar-refractivity contribution in [2.24, 2.45) is 0 Å². The van der Waals surface area contributed by atoms with Gasteiger partial charge in [-0.2, -0.15) is 0 Å². The summed E-state index contributed by atoms with van der Waals surface area (Å²) >= 11 is 12.9. The zero-order chi connectivity index (χ0) is 18.3. The lowest BCUT2D eigenvalue weighted by atomic mass is 9.83. The van der Waals surface area contributed by atoms with Crippen molar-refractivity contribution in [2.75, 3.05) is 0 Å². The number of carbonyl (C=O) groups is 1. The molecule has 3 aromatic carbocycles. The summed E-state index contributed by atoms with van der Waals surface area (Å²) in [5, 5.41) is 1.16. The number of fused-ring (bicyclic) bond motifs is 2. The molecule has 0 fully saturated rings. The Kier molecular flexibility index (Phi) is 4.47. The van der Waals surface area contributed by atoms with Crippen molar-refractivity contribution in [3.8, 4) is 0 Å². The van der Waals surface area contributed by atoms with E-state index in [1.807, 2.05) is 55.5 Å². The first-order valence-electron chi connectivity index (χ1n) is 8.37. The summed E-state index contributed by atoms with van der Waals surface area (Å²) in [6, 6.07) is 18.8. The van der Waals surface area contributed by atoms with Crippen LogP contribution >= 0.6 is 23.2 Å². The summed E-state index contributed by atoms with van der Waals surface area (Å²) in [5.41, 5.74) is 5.32. The third-order valence-electron chi connectivity index (χ3n) is 4.70. The molecule has 0 saturated heterocycles. The Balaban J connectivity index is 1.80. The molecule has 0 N–H and O–H groups in total. The van der Waals surface area contributed by atoms with Crippen LogP contribution in [0.25, 0.3) is 0 Å². The van der Waals surface area contributed by atoms with Gasteiger partial charge in [0.05, 0.1) is 5.56 Å². The van der Waals surface area contributed by atoms with Crippen molar-refractivity contribution in [1.82, 2.24) is 0 Å². The summed E-state index contributed by atoms with van der Waals surface area (Å²) in [4.78, 5) is 12.8. The van der Waals surface area contributed by atoms with Gasteiger partial charge >= 0.3 is 5.97 Å². The lowest BCUT2D eigenvalue weighted by Crippen LogP contribution is -2.20. The molecule has 1 aliphatic rings. The van der Waals surface area contributed by atoms with Crippen LogP contribution in [-0.2, 0) is 11.2 Å². The molecule has 0 spiro atoms. The number of esters is 1. The van der Waals surface area contributed by atoms with Gasteiger partial charge in [-0.3, -0.25) is 0 Å². The molecule has 4 rings (SSSR count). The number of aryl methyl sites for hydroxylation is 1. The van der Waals surface area contributed by atoms with Crippen LogP contribution in [0.5, 0.6) is 0 Å². The van der Waals surface area contributed by atoms with Gasteiger partial charge in [-0.1, -0.05) is 65.2 Å². The van der Waals surface area contributed by atoms with Gasteiger partial charge in [0.1, 0.15) is 0 Å². The number of hydrogen-bond donors (Lipinski definition) is 0. The van der Waals surface area contributed by atoms with Crippen LogP contribution in [0.4, 0.5) is 0 Å². The lowest BCUT2D eigenvalue weighted by molar-refractivity contribution is 0.0372. The molecule has 0 amide bonds. The van der Waals surface area contributed by atoms with Crippen LogP contribution in [0.15, 0.2) is 60.7 Å². The van der Waals surface area contributed by atoms with Gasteiger partial charge in [-0.05, 0) is 48.7 Å². The number of rotatable bonds is 2. The maximum atomic E-state index is 12.8. The second-order valence-electron chi connectivity index (χ2n) is 6.45. The fourth-order valence-electron chi connectivity index (χ4n) is 3.39. The Labute approximate surface area is 162 Å². The smallest absolute Gasteiger partial charge is 0.339 e. The summed E-state index contributed by atoms with van der Waals surface area (Å²) in [6.07, 6.45) is 0.0923. The van der Waals surface area contributed by atoms with Crippen molar-refractivity contribution in [3.63, 3.8) is 0 Å². The van der Waals surface area contributed by atoms with Crippen LogP contribution in [0.3, 0.4) is 0 Å². The van der Waals surface area contributed by atoms with Crippen LogP contribution < -0.4 is 0 Å². The summed E-state index contributed by atoms with van der Waals surface area (Å²) in [7, 11) is 0. The van der Waals surface area contributed by atoms with E-state index < -0.39 is 12.1 Å². The van der Waals surface area contributed by atoms with Gasteiger partial charge in [0, 0.05) is 21.2 Å². The minimum atomic E-state index is -0.620. The van der Waals surface area contributed by atoms with Crippen molar-refractivity contribution >= 4 is 29.2 Å². The van der Waals surface area contributed by atoms with E-state index in [1.165, 1.54) is 0 Å². The molecule has 0 atom stereocenters. The summed E-state index contributed by atoms with van der Waals surface area (Å²) in [5.74, 6) is -0.395. The van der Waals surface area contributed by atoms with E-state index in [4.69, 9.17) is 27.9 Å². The molecule has 0 radical (unpaired) electrons. The van der Waals surface area contributed by atoms with E-state index in [9.17, 15) is 4.79 Å². The molecule has 0 saturated carbocycles. The second-order valence-corrected chi connectivity index (χ2v) is 7.27. The van der Waals surface area contributed by atoms with Crippen LogP contribution in [-0.4, -0.2) is 5.97 Å². The molecule has 0 heterocycles. The molecule has 130 valence electrons. The number of ether oxygens (including phenoxy) is 1. The molecule has 2 nitrogen and oxygen atoms in total. The molecule has 0 bridgehead atoms. The van der Waals surface area contributed by atoms with Crippen LogP contribution in [0.1, 0.15) is 44.3 Å². The number of hydrogen-bond acceptors (Lipinski definition) is 2. The highest BCUT2D eigenvalue weighted by Crippen LogP contribution is 2.44. The van der Waals surface area contributed by atoms with E-state index in [0.717, 1.165) is 27.8 Å². The maximum absolute atomic E-state index is 12.8. The van der Waals surface area contributed by atoms with Crippen LogP contribution in [0.2, 0.25) is 10.0 Å². The van der Waals surface area contributed by atoms with E-state index in [2.05, 4.69) is 0 Å². The van der Waals surface area contributed by atoms with Gasteiger partial charge in [-0.15, -0.1) is 0 Å². The normalized spacial score (nSPS) is 13.0. The van der Waals surface area contributed by atoms with Gasteiger partial charge in [0.25, 0.3) is 0 Å². The zero-order valence-corrected chi connectivity index (χ0v) is 15.6. The third-order valence-corrected chi connectivity index (χ3v) is 5.36. The average Bonchev–Trinajstić information content (AvgIpc) is 2.62. The first-order valence-corrected chi connectivity index (χ1v) is 9.12. The minimum absolute atomic E-state index is 0.395.